The van der Waals surface area contributed by atoms with E-state index in [1.54, 1.807) is 0 Å². The zero-order valence-corrected chi connectivity index (χ0v) is 7.31. The Morgan fingerprint density at radius 1 is 1.00 bits per heavy atom. The van der Waals surface area contributed by atoms with Crippen LogP contribution in [0, 0.1) is 0 Å². The van der Waals surface area contributed by atoms with Crippen molar-refractivity contribution in [2.45, 2.75) is 0 Å². The van der Waals surface area contributed by atoms with Crippen LogP contribution in [-0.2, 0) is 21.2 Å². The average Bonchev–Trinajstić information content (AvgIpc) is 0.722. The zero-order chi connectivity index (χ0) is 4.50. The van der Waals surface area contributed by atoms with E-state index in [0.29, 0.717) is 0 Å². The molecule has 0 fully saturated rings. The molecule has 8 heteroatoms. The first kappa shape index (κ1) is 22.9. The summed E-state index contributed by atoms with van der Waals surface area (Å²) in [6.07, 6.45) is 0. The van der Waals surface area contributed by atoms with Gasteiger partial charge in [0.25, 0.3) is 0 Å². The second-order valence-corrected chi connectivity index (χ2v) is 1.85. The molecule has 0 aliphatic carbocycles. The predicted octanol–water partition coefficient (Wildman–Crippen LogP) is -3.38. The van der Waals surface area contributed by atoms with Crippen LogP contribution in [0.1, 0.15) is 0 Å². The van der Waals surface area contributed by atoms with E-state index in [0.717, 1.165) is 0 Å². The first-order valence-corrected chi connectivity index (χ1v) is 2.88. The van der Waals surface area contributed by atoms with Crippen molar-refractivity contribution in [3.8, 4) is 0 Å². The minimum absolute atomic E-state index is 0. The topological polar surface area (TPSA) is 138 Å². The molecular formula is H6CaCrO6. The van der Waals surface area contributed by atoms with E-state index >= 15 is 0 Å². The standard InChI is InChI=1S/Ca.Cr.4H2O.2O/h;;4*1H2;;/q;+2;;;;;;/p-2. The summed E-state index contributed by atoms with van der Waals surface area (Å²) in [5.41, 5.74) is 0. The first-order chi connectivity index (χ1) is 2.00. The van der Waals surface area contributed by atoms with Crippen LogP contribution in [0.2, 0.25) is 0 Å². The Labute approximate surface area is 77.5 Å². The fourth-order valence-corrected chi connectivity index (χ4v) is 0. The summed E-state index contributed by atoms with van der Waals surface area (Å²) in [7, 11) is 0. The van der Waals surface area contributed by atoms with Crippen LogP contribution >= 0.6 is 0 Å². The number of rotatable bonds is 0. The first-order valence-electron chi connectivity index (χ1n) is 0.698. The quantitative estimate of drug-likeness (QED) is 0.388. The molecule has 0 saturated carbocycles. The summed E-state index contributed by atoms with van der Waals surface area (Å²) in [5, 5.41) is 0. The molecule has 0 aromatic heterocycles. The van der Waals surface area contributed by atoms with E-state index < -0.39 is 13.6 Å². The van der Waals surface area contributed by atoms with Crippen molar-refractivity contribution in [1.29, 1.82) is 0 Å². The van der Waals surface area contributed by atoms with Crippen molar-refractivity contribution >= 4 is 37.7 Å². The molecule has 0 rings (SSSR count). The molecule has 0 aliphatic heterocycles. The van der Waals surface area contributed by atoms with Crippen molar-refractivity contribution < 1.29 is 40.5 Å². The van der Waals surface area contributed by atoms with Gasteiger partial charge >= 0.3 is 29.5 Å². The van der Waals surface area contributed by atoms with Crippen molar-refractivity contribution in [2.75, 3.05) is 0 Å². The summed E-state index contributed by atoms with van der Waals surface area (Å²) < 4.78 is 31.9. The van der Waals surface area contributed by atoms with Crippen LogP contribution in [0.25, 0.3) is 0 Å². The monoisotopic (exact) mass is 194 g/mol. The number of hydrogen-bond acceptors (Lipinski definition) is 2. The Morgan fingerprint density at radius 2 is 1.00 bits per heavy atom. The SMILES string of the molecule is O.O.[Ca].[O]=[Cr](=[O])([OH])[OH]. The maximum atomic E-state index is 8.82. The van der Waals surface area contributed by atoms with Gasteiger partial charge in [-0.05, 0) is 0 Å². The molecule has 0 aromatic carbocycles. The molecular weight excluding hydrogens is 188 g/mol. The van der Waals surface area contributed by atoms with Gasteiger partial charge in [0.1, 0.15) is 0 Å². The van der Waals surface area contributed by atoms with Gasteiger partial charge < -0.3 is 11.0 Å². The normalized spacial score (nSPS) is 7.25. The average molecular weight is 194 g/mol. The molecule has 2 radical (unpaired) electrons. The molecule has 0 aliphatic rings. The summed E-state index contributed by atoms with van der Waals surface area (Å²) in [4.78, 5) is 0. The second-order valence-electron chi connectivity index (χ2n) is 0.448. The van der Waals surface area contributed by atoms with Crippen molar-refractivity contribution in [3.63, 3.8) is 0 Å². The van der Waals surface area contributed by atoms with Crippen molar-refractivity contribution in [1.82, 2.24) is 0 Å². The van der Waals surface area contributed by atoms with Gasteiger partial charge in [-0.3, -0.25) is 0 Å². The van der Waals surface area contributed by atoms with Gasteiger partial charge in [0.15, 0.2) is 0 Å². The molecule has 6 N–H and O–H groups in total. The Hall–Kier alpha value is 1.23. The van der Waals surface area contributed by atoms with Gasteiger partial charge in [-0.1, -0.05) is 0 Å². The molecule has 0 spiro atoms. The predicted molar refractivity (Wildman–Crippen MR) is 18.8 cm³/mol. The van der Waals surface area contributed by atoms with Crippen LogP contribution < -0.4 is 0 Å². The number of hydrogen-bond donors (Lipinski definition) is 2. The van der Waals surface area contributed by atoms with E-state index in [1.165, 1.54) is 0 Å². The van der Waals surface area contributed by atoms with Crippen molar-refractivity contribution in [2.24, 2.45) is 0 Å². The molecule has 0 saturated heterocycles. The minimum atomic E-state index is -5.25. The molecule has 0 unspecified atom stereocenters. The molecule has 0 bridgehead atoms. The van der Waals surface area contributed by atoms with Crippen molar-refractivity contribution in [3.05, 3.63) is 0 Å². The van der Waals surface area contributed by atoms with Gasteiger partial charge in [-0.15, -0.1) is 0 Å². The van der Waals surface area contributed by atoms with Gasteiger partial charge in [0.2, 0.25) is 0 Å². The van der Waals surface area contributed by atoms with Crippen LogP contribution in [-0.4, -0.2) is 57.0 Å². The van der Waals surface area contributed by atoms with E-state index in [9.17, 15) is 0 Å². The van der Waals surface area contributed by atoms with Crippen LogP contribution in [0.4, 0.5) is 0 Å². The van der Waals surface area contributed by atoms with Crippen LogP contribution in [0.15, 0.2) is 0 Å². The molecule has 6 nitrogen and oxygen atoms in total. The van der Waals surface area contributed by atoms with E-state index in [2.05, 4.69) is 0 Å². The van der Waals surface area contributed by atoms with E-state index in [-0.39, 0.29) is 48.7 Å². The fourth-order valence-electron chi connectivity index (χ4n) is 0. The molecule has 0 aromatic rings. The Bertz CT molecular complexity index is 91.7. The van der Waals surface area contributed by atoms with Gasteiger partial charge in [-0.25, -0.2) is 0 Å². The Morgan fingerprint density at radius 3 is 1.00 bits per heavy atom. The summed E-state index contributed by atoms with van der Waals surface area (Å²) in [5.74, 6) is 0. The van der Waals surface area contributed by atoms with Gasteiger partial charge in [0, 0.05) is 37.7 Å². The molecule has 50 valence electrons. The van der Waals surface area contributed by atoms with E-state index in [4.69, 9.17) is 15.9 Å². The summed E-state index contributed by atoms with van der Waals surface area (Å²) in [6, 6.07) is 0. The Balaban J connectivity index is -0.0000000267. The third-order valence-electron chi connectivity index (χ3n) is 0. The van der Waals surface area contributed by atoms with Gasteiger partial charge in [0.05, 0.1) is 0 Å². The molecule has 0 atom stereocenters. The Kier molecular flexibility index (Phi) is 23.5. The third kappa shape index (κ3) is 185. The third-order valence-corrected chi connectivity index (χ3v) is 0. The van der Waals surface area contributed by atoms with Crippen LogP contribution in [0.5, 0.6) is 0 Å². The molecule has 0 amide bonds. The second kappa shape index (κ2) is 8.23. The van der Waals surface area contributed by atoms with E-state index in [1.807, 2.05) is 0 Å². The molecule has 8 heavy (non-hydrogen) atoms. The van der Waals surface area contributed by atoms with Crippen LogP contribution in [0.3, 0.4) is 0 Å². The maximum absolute atomic E-state index is 8.82. The summed E-state index contributed by atoms with van der Waals surface area (Å²) in [6.45, 7) is 0. The summed E-state index contributed by atoms with van der Waals surface area (Å²) >= 11 is -5.25. The van der Waals surface area contributed by atoms with Gasteiger partial charge in [-0.2, -0.15) is 0 Å². The zero-order valence-electron chi connectivity index (χ0n) is 3.83. The fraction of sp³-hybridized carbons (Fsp3) is 0. The molecule has 0 heterocycles.